The lowest BCUT2D eigenvalue weighted by molar-refractivity contribution is -0.142. The minimum atomic E-state index is -1.16. The van der Waals surface area contributed by atoms with Crippen LogP contribution in [0.25, 0.3) is 10.9 Å². The standard InChI is InChI=1S/C31H40N6O5/c32-15-7-6-13-25(31(41)42)35-30(40)27(18-21-19-34-23-12-5-4-11-22(21)23)37-29(39)26(17-20-9-2-1-3-10-20)36-28(38)24-14-8-16-33-24/h1-5,9-12,19,24-27,33-34H,6-8,13-18,32H2,(H,35,40)(H,36,38)(H,37,39)(H,41,42). The van der Waals surface area contributed by atoms with Gasteiger partial charge in [0.25, 0.3) is 0 Å². The zero-order valence-corrected chi connectivity index (χ0v) is 23.6. The van der Waals surface area contributed by atoms with Crippen molar-refractivity contribution in [2.45, 2.75) is 69.1 Å². The minimum absolute atomic E-state index is 0.118. The molecule has 3 amide bonds. The molecule has 224 valence electrons. The topological polar surface area (TPSA) is 178 Å². The van der Waals surface area contributed by atoms with Crippen LogP contribution in [0.15, 0.2) is 60.8 Å². The maximum absolute atomic E-state index is 13.8. The molecular formula is C31H40N6O5. The molecule has 8 N–H and O–H groups in total. The van der Waals surface area contributed by atoms with E-state index in [9.17, 15) is 24.3 Å². The predicted molar refractivity (Wildman–Crippen MR) is 160 cm³/mol. The van der Waals surface area contributed by atoms with Crippen LogP contribution in [0.2, 0.25) is 0 Å². The van der Waals surface area contributed by atoms with Gasteiger partial charge >= 0.3 is 5.97 Å². The molecule has 1 fully saturated rings. The summed E-state index contributed by atoms with van der Waals surface area (Å²) in [4.78, 5) is 55.5. The first-order valence-electron chi connectivity index (χ1n) is 14.5. The first kappa shape index (κ1) is 30.7. The van der Waals surface area contributed by atoms with Crippen molar-refractivity contribution in [2.24, 2.45) is 5.73 Å². The molecule has 42 heavy (non-hydrogen) atoms. The van der Waals surface area contributed by atoms with Crippen LogP contribution in [-0.2, 0) is 32.0 Å². The normalized spacial score (nSPS) is 16.8. The fraction of sp³-hybridized carbons (Fsp3) is 0.419. The van der Waals surface area contributed by atoms with Gasteiger partial charge in [-0.15, -0.1) is 0 Å². The van der Waals surface area contributed by atoms with Gasteiger partial charge in [-0.3, -0.25) is 14.4 Å². The summed E-state index contributed by atoms with van der Waals surface area (Å²) in [6.45, 7) is 1.15. The number of fused-ring (bicyclic) bond motifs is 1. The van der Waals surface area contributed by atoms with E-state index in [0.717, 1.165) is 35.0 Å². The zero-order chi connectivity index (χ0) is 29.9. The molecule has 3 aromatic rings. The van der Waals surface area contributed by atoms with Gasteiger partial charge in [-0.2, -0.15) is 0 Å². The molecule has 11 heteroatoms. The van der Waals surface area contributed by atoms with Crippen molar-refractivity contribution < 1.29 is 24.3 Å². The monoisotopic (exact) mass is 576 g/mol. The van der Waals surface area contributed by atoms with Crippen LogP contribution in [0.1, 0.15) is 43.2 Å². The van der Waals surface area contributed by atoms with Gasteiger partial charge in [0.05, 0.1) is 6.04 Å². The Morgan fingerprint density at radius 3 is 2.26 bits per heavy atom. The second-order valence-corrected chi connectivity index (χ2v) is 10.7. The van der Waals surface area contributed by atoms with Crippen LogP contribution in [-0.4, -0.2) is 71.0 Å². The number of hydrogen-bond donors (Lipinski definition) is 7. The lowest BCUT2D eigenvalue weighted by Gasteiger charge is -2.25. The maximum atomic E-state index is 13.8. The SMILES string of the molecule is NCCCCC(NC(=O)C(Cc1c[nH]c2ccccc12)NC(=O)C(Cc1ccccc1)NC(=O)C1CCCN1)C(=O)O. The molecule has 4 atom stereocenters. The molecule has 1 aromatic heterocycles. The van der Waals surface area contributed by atoms with Crippen LogP contribution in [0.3, 0.4) is 0 Å². The third-order valence-corrected chi connectivity index (χ3v) is 7.59. The second kappa shape index (κ2) is 15.1. The molecule has 2 aromatic carbocycles. The van der Waals surface area contributed by atoms with E-state index in [4.69, 9.17) is 5.73 Å². The highest BCUT2D eigenvalue weighted by molar-refractivity contribution is 5.95. The van der Waals surface area contributed by atoms with Gasteiger partial charge < -0.3 is 37.1 Å². The molecule has 0 saturated carbocycles. The summed E-state index contributed by atoms with van der Waals surface area (Å²) in [6, 6.07) is 13.4. The predicted octanol–water partition coefficient (Wildman–Crippen LogP) is 1.37. The van der Waals surface area contributed by atoms with E-state index in [-0.39, 0.29) is 31.2 Å². The quantitative estimate of drug-likeness (QED) is 0.134. The number of aromatic nitrogens is 1. The molecule has 1 saturated heterocycles. The van der Waals surface area contributed by atoms with Crippen LogP contribution < -0.4 is 27.0 Å². The van der Waals surface area contributed by atoms with Gasteiger partial charge in [0.15, 0.2) is 0 Å². The van der Waals surface area contributed by atoms with E-state index in [1.807, 2.05) is 54.6 Å². The lowest BCUT2D eigenvalue weighted by Crippen LogP contribution is -2.58. The Hall–Kier alpha value is -4.22. The number of nitrogens with one attached hydrogen (secondary N) is 5. The molecule has 0 radical (unpaired) electrons. The highest BCUT2D eigenvalue weighted by Gasteiger charge is 2.32. The van der Waals surface area contributed by atoms with Crippen LogP contribution in [0, 0.1) is 0 Å². The molecule has 0 aliphatic carbocycles. The molecule has 1 aliphatic rings. The van der Waals surface area contributed by atoms with E-state index in [0.29, 0.717) is 25.8 Å². The van der Waals surface area contributed by atoms with E-state index in [1.165, 1.54) is 0 Å². The number of carboxylic acid groups (broad SMARTS) is 1. The summed E-state index contributed by atoms with van der Waals surface area (Å²) in [5.74, 6) is -2.57. The van der Waals surface area contributed by atoms with E-state index in [2.05, 4.69) is 26.3 Å². The number of hydrogen-bond acceptors (Lipinski definition) is 6. The Kier molecular flexibility index (Phi) is 11.1. The number of H-pyrrole nitrogens is 1. The van der Waals surface area contributed by atoms with Crippen molar-refractivity contribution in [3.8, 4) is 0 Å². The average molecular weight is 577 g/mol. The fourth-order valence-electron chi connectivity index (χ4n) is 5.26. The Balaban J connectivity index is 1.57. The number of unbranched alkanes of at least 4 members (excludes halogenated alkanes) is 1. The number of para-hydroxylation sites is 1. The highest BCUT2D eigenvalue weighted by atomic mass is 16.4. The van der Waals surface area contributed by atoms with Crippen molar-refractivity contribution in [1.82, 2.24) is 26.3 Å². The zero-order valence-electron chi connectivity index (χ0n) is 23.6. The summed E-state index contributed by atoms with van der Waals surface area (Å²) in [6.07, 6.45) is 5.05. The molecule has 11 nitrogen and oxygen atoms in total. The third kappa shape index (κ3) is 8.40. The fourth-order valence-corrected chi connectivity index (χ4v) is 5.26. The van der Waals surface area contributed by atoms with E-state index >= 15 is 0 Å². The Morgan fingerprint density at radius 2 is 1.57 bits per heavy atom. The maximum Gasteiger partial charge on any atom is 0.326 e. The van der Waals surface area contributed by atoms with Crippen molar-refractivity contribution in [1.29, 1.82) is 0 Å². The summed E-state index contributed by atoms with van der Waals surface area (Å²) >= 11 is 0. The molecule has 0 bridgehead atoms. The third-order valence-electron chi connectivity index (χ3n) is 7.59. The summed E-state index contributed by atoms with van der Waals surface area (Å²) in [7, 11) is 0. The van der Waals surface area contributed by atoms with Gasteiger partial charge in [-0.1, -0.05) is 48.5 Å². The van der Waals surface area contributed by atoms with Gasteiger partial charge in [0, 0.05) is 29.9 Å². The molecule has 4 unspecified atom stereocenters. The van der Waals surface area contributed by atoms with Crippen LogP contribution >= 0.6 is 0 Å². The van der Waals surface area contributed by atoms with Gasteiger partial charge in [0.2, 0.25) is 17.7 Å². The highest BCUT2D eigenvalue weighted by Crippen LogP contribution is 2.20. The number of amides is 3. The van der Waals surface area contributed by atoms with Crippen molar-refractivity contribution in [3.05, 3.63) is 71.9 Å². The van der Waals surface area contributed by atoms with Crippen molar-refractivity contribution in [2.75, 3.05) is 13.1 Å². The number of carbonyl (C=O) groups excluding carboxylic acids is 3. The number of carboxylic acids is 1. The summed E-state index contributed by atoms with van der Waals surface area (Å²) in [5.41, 5.74) is 8.07. The first-order valence-corrected chi connectivity index (χ1v) is 14.5. The molecular weight excluding hydrogens is 536 g/mol. The summed E-state index contributed by atoms with van der Waals surface area (Å²) < 4.78 is 0. The summed E-state index contributed by atoms with van der Waals surface area (Å²) in [5, 5.41) is 22.1. The molecule has 2 heterocycles. The Bertz CT molecular complexity index is 1350. The molecule has 1 aliphatic heterocycles. The molecule has 4 rings (SSSR count). The Morgan fingerprint density at radius 1 is 0.881 bits per heavy atom. The van der Waals surface area contributed by atoms with Gasteiger partial charge in [-0.25, -0.2) is 4.79 Å². The van der Waals surface area contributed by atoms with Crippen molar-refractivity contribution in [3.63, 3.8) is 0 Å². The number of aliphatic carboxylic acids is 1. The molecule has 0 spiro atoms. The minimum Gasteiger partial charge on any atom is -0.480 e. The Labute approximate surface area is 245 Å². The number of rotatable bonds is 15. The van der Waals surface area contributed by atoms with Gasteiger partial charge in [-0.05, 0) is 62.4 Å². The lowest BCUT2D eigenvalue weighted by atomic mass is 10.0. The van der Waals surface area contributed by atoms with Crippen LogP contribution in [0.4, 0.5) is 0 Å². The van der Waals surface area contributed by atoms with Crippen molar-refractivity contribution >= 4 is 34.6 Å². The van der Waals surface area contributed by atoms with E-state index in [1.54, 1.807) is 6.20 Å². The number of benzene rings is 2. The number of carbonyl (C=O) groups is 4. The number of nitrogens with two attached hydrogens (primary N) is 1. The number of aromatic amines is 1. The van der Waals surface area contributed by atoms with Crippen LogP contribution in [0.5, 0.6) is 0 Å². The smallest absolute Gasteiger partial charge is 0.326 e. The first-order chi connectivity index (χ1) is 20.4. The largest absolute Gasteiger partial charge is 0.480 e. The van der Waals surface area contributed by atoms with E-state index < -0.39 is 35.9 Å². The average Bonchev–Trinajstić information content (AvgIpc) is 3.67. The van der Waals surface area contributed by atoms with Gasteiger partial charge in [0.1, 0.15) is 18.1 Å². The second-order valence-electron chi connectivity index (χ2n) is 10.7.